The van der Waals surface area contributed by atoms with Crippen LogP contribution < -0.4 is 0 Å². The normalized spacial score (nSPS) is 10.9. The molecule has 0 spiro atoms. The molecule has 84 valence electrons. The number of hydrogen-bond donors (Lipinski definition) is 0. The van der Waals surface area contributed by atoms with E-state index in [4.69, 9.17) is 11.6 Å². The Morgan fingerprint density at radius 1 is 1.18 bits per heavy atom. The van der Waals surface area contributed by atoms with Gasteiger partial charge in [-0.1, -0.05) is 41.9 Å². The Kier molecular flexibility index (Phi) is 2.37. The third-order valence-electron chi connectivity index (χ3n) is 2.89. The van der Waals surface area contributed by atoms with Crippen LogP contribution in [0.15, 0.2) is 48.9 Å². The van der Waals surface area contributed by atoms with E-state index < -0.39 is 0 Å². The molecule has 0 N–H and O–H groups in total. The molecule has 0 unspecified atom stereocenters. The summed E-state index contributed by atoms with van der Waals surface area (Å²) in [6, 6.07) is 12.3. The van der Waals surface area contributed by atoms with Crippen molar-refractivity contribution in [2.45, 2.75) is 6.92 Å². The highest BCUT2D eigenvalue weighted by Crippen LogP contribution is 2.29. The Bertz CT molecular complexity index is 671. The smallest absolute Gasteiger partial charge is 0.0997 e. The minimum Gasteiger partial charge on any atom is -0.297 e. The van der Waals surface area contributed by atoms with Crippen LogP contribution in [0.1, 0.15) is 5.56 Å². The molecule has 2 heterocycles. The Morgan fingerprint density at radius 2 is 1.94 bits per heavy atom. The van der Waals surface area contributed by atoms with Gasteiger partial charge in [0.1, 0.15) is 0 Å². The number of pyridine rings is 1. The zero-order chi connectivity index (χ0) is 11.8. The van der Waals surface area contributed by atoms with Gasteiger partial charge in [-0.15, -0.1) is 0 Å². The average molecular weight is 243 g/mol. The van der Waals surface area contributed by atoms with Gasteiger partial charge in [-0.25, -0.2) is 4.98 Å². The number of nitrogens with zero attached hydrogens (tertiary/aromatic N) is 2. The van der Waals surface area contributed by atoms with Crippen molar-refractivity contribution >= 4 is 17.1 Å². The summed E-state index contributed by atoms with van der Waals surface area (Å²) >= 11 is 6.20. The number of benzene rings is 1. The van der Waals surface area contributed by atoms with Crippen LogP contribution in [0, 0.1) is 6.92 Å². The van der Waals surface area contributed by atoms with E-state index in [1.54, 1.807) is 12.5 Å². The summed E-state index contributed by atoms with van der Waals surface area (Å²) in [5.74, 6) is 0. The lowest BCUT2D eigenvalue weighted by atomic mass is 10.1. The molecule has 0 aliphatic carbocycles. The summed E-state index contributed by atoms with van der Waals surface area (Å²) < 4.78 is 2.03. The molecule has 0 atom stereocenters. The van der Waals surface area contributed by atoms with E-state index >= 15 is 0 Å². The molecule has 0 bridgehead atoms. The number of rotatable bonds is 1. The SMILES string of the molecule is Cc1cc(Cl)c2cncn2c1-c1ccccc1. The van der Waals surface area contributed by atoms with Crippen molar-refractivity contribution in [3.05, 3.63) is 59.5 Å². The number of aromatic nitrogens is 2. The highest BCUT2D eigenvalue weighted by molar-refractivity contribution is 6.34. The zero-order valence-electron chi connectivity index (χ0n) is 9.39. The van der Waals surface area contributed by atoms with E-state index in [1.807, 2.05) is 28.7 Å². The van der Waals surface area contributed by atoms with Gasteiger partial charge in [0.15, 0.2) is 0 Å². The molecular weight excluding hydrogens is 232 g/mol. The first-order valence-corrected chi connectivity index (χ1v) is 5.82. The first-order chi connectivity index (χ1) is 8.27. The highest BCUT2D eigenvalue weighted by atomic mass is 35.5. The van der Waals surface area contributed by atoms with Crippen LogP contribution in [0.25, 0.3) is 16.8 Å². The van der Waals surface area contributed by atoms with Crippen LogP contribution in [-0.2, 0) is 0 Å². The fourth-order valence-electron chi connectivity index (χ4n) is 2.14. The number of imidazole rings is 1. The maximum atomic E-state index is 6.20. The second-order valence-electron chi connectivity index (χ2n) is 4.04. The van der Waals surface area contributed by atoms with Gasteiger partial charge in [0, 0.05) is 0 Å². The molecule has 0 radical (unpaired) electrons. The topological polar surface area (TPSA) is 17.3 Å². The van der Waals surface area contributed by atoms with E-state index in [9.17, 15) is 0 Å². The van der Waals surface area contributed by atoms with Crippen LogP contribution in [0.3, 0.4) is 0 Å². The second kappa shape index (κ2) is 3.90. The van der Waals surface area contributed by atoms with E-state index in [-0.39, 0.29) is 0 Å². The molecule has 0 saturated heterocycles. The van der Waals surface area contributed by atoms with Crippen LogP contribution in [0.5, 0.6) is 0 Å². The van der Waals surface area contributed by atoms with Crippen LogP contribution in [0.2, 0.25) is 5.02 Å². The summed E-state index contributed by atoms with van der Waals surface area (Å²) in [5, 5.41) is 0.736. The summed E-state index contributed by atoms with van der Waals surface area (Å²) in [4.78, 5) is 4.17. The van der Waals surface area contributed by atoms with Crippen LogP contribution in [0.4, 0.5) is 0 Å². The molecule has 3 rings (SSSR count). The minimum absolute atomic E-state index is 0.736. The predicted octanol–water partition coefficient (Wildman–Crippen LogP) is 3.96. The molecular formula is C14H11ClN2. The molecule has 0 aliphatic heterocycles. The predicted molar refractivity (Wildman–Crippen MR) is 70.4 cm³/mol. The quantitative estimate of drug-likeness (QED) is 0.631. The monoisotopic (exact) mass is 242 g/mol. The van der Waals surface area contributed by atoms with E-state index in [0.717, 1.165) is 21.8 Å². The number of aryl methyl sites for hydroxylation is 1. The average Bonchev–Trinajstić information content (AvgIpc) is 2.79. The fraction of sp³-hybridized carbons (Fsp3) is 0.0714. The van der Waals surface area contributed by atoms with Crippen LogP contribution >= 0.6 is 11.6 Å². The third kappa shape index (κ3) is 1.61. The lowest BCUT2D eigenvalue weighted by Gasteiger charge is -2.10. The van der Waals surface area contributed by atoms with Gasteiger partial charge >= 0.3 is 0 Å². The number of fused-ring (bicyclic) bond motifs is 1. The molecule has 2 aromatic heterocycles. The second-order valence-corrected chi connectivity index (χ2v) is 4.45. The van der Waals surface area contributed by atoms with Gasteiger partial charge in [0.2, 0.25) is 0 Å². The van der Waals surface area contributed by atoms with Gasteiger partial charge in [0.05, 0.1) is 28.8 Å². The largest absolute Gasteiger partial charge is 0.297 e. The summed E-state index contributed by atoms with van der Waals surface area (Å²) in [6.45, 7) is 2.06. The lowest BCUT2D eigenvalue weighted by Crippen LogP contribution is -1.94. The summed E-state index contributed by atoms with van der Waals surface area (Å²) in [7, 11) is 0. The Labute approximate surface area is 104 Å². The molecule has 1 aromatic carbocycles. The summed E-state index contributed by atoms with van der Waals surface area (Å²) in [6.07, 6.45) is 3.59. The van der Waals surface area contributed by atoms with Crippen molar-refractivity contribution in [3.63, 3.8) is 0 Å². The maximum absolute atomic E-state index is 6.20. The standard InChI is InChI=1S/C14H11ClN2/c1-10-7-12(15)13-8-16-9-17(13)14(10)11-5-3-2-4-6-11/h2-9H,1H3. The van der Waals surface area contributed by atoms with Gasteiger partial charge in [-0.05, 0) is 24.1 Å². The Hall–Kier alpha value is -1.80. The maximum Gasteiger partial charge on any atom is 0.0997 e. The third-order valence-corrected chi connectivity index (χ3v) is 3.19. The number of hydrogen-bond acceptors (Lipinski definition) is 1. The van der Waals surface area contributed by atoms with Crippen molar-refractivity contribution in [3.8, 4) is 11.3 Å². The van der Waals surface area contributed by atoms with Crippen molar-refractivity contribution in [2.75, 3.05) is 0 Å². The molecule has 0 fully saturated rings. The van der Waals surface area contributed by atoms with Crippen LogP contribution in [-0.4, -0.2) is 9.38 Å². The molecule has 17 heavy (non-hydrogen) atoms. The van der Waals surface area contributed by atoms with E-state index in [0.29, 0.717) is 0 Å². The molecule has 2 nitrogen and oxygen atoms in total. The van der Waals surface area contributed by atoms with Crippen molar-refractivity contribution in [1.82, 2.24) is 9.38 Å². The molecule has 3 aromatic rings. The van der Waals surface area contributed by atoms with Crippen molar-refractivity contribution < 1.29 is 0 Å². The van der Waals surface area contributed by atoms with Gasteiger partial charge < -0.3 is 0 Å². The fourth-order valence-corrected chi connectivity index (χ4v) is 2.44. The Balaban J connectivity index is 2.40. The van der Waals surface area contributed by atoms with Gasteiger partial charge in [0.25, 0.3) is 0 Å². The molecule has 0 amide bonds. The first-order valence-electron chi connectivity index (χ1n) is 5.44. The van der Waals surface area contributed by atoms with E-state index in [1.165, 1.54) is 5.56 Å². The number of halogens is 1. The molecule has 3 heteroatoms. The molecule has 0 aliphatic rings. The van der Waals surface area contributed by atoms with Crippen molar-refractivity contribution in [1.29, 1.82) is 0 Å². The van der Waals surface area contributed by atoms with Crippen molar-refractivity contribution in [2.24, 2.45) is 0 Å². The first kappa shape index (κ1) is 10.4. The lowest BCUT2D eigenvalue weighted by molar-refractivity contribution is 1.14. The highest BCUT2D eigenvalue weighted by Gasteiger charge is 2.10. The zero-order valence-corrected chi connectivity index (χ0v) is 10.1. The van der Waals surface area contributed by atoms with E-state index in [2.05, 4.69) is 24.0 Å². The minimum atomic E-state index is 0.736. The molecule has 0 saturated carbocycles. The van der Waals surface area contributed by atoms with Gasteiger partial charge in [-0.2, -0.15) is 0 Å². The van der Waals surface area contributed by atoms with Gasteiger partial charge in [-0.3, -0.25) is 4.40 Å². The summed E-state index contributed by atoms with van der Waals surface area (Å²) in [5.41, 5.74) is 4.40. The Morgan fingerprint density at radius 3 is 2.71 bits per heavy atom.